The molecule has 0 aromatic heterocycles. The van der Waals surface area contributed by atoms with Gasteiger partial charge in [0.2, 0.25) is 0 Å². The maximum Gasteiger partial charge on any atom is 0.405 e. The minimum atomic E-state index is -0.724. The number of fused-ring (bicyclic) bond motifs is 1. The highest BCUT2D eigenvalue weighted by molar-refractivity contribution is 6.33. The summed E-state index contributed by atoms with van der Waals surface area (Å²) in [6.07, 6.45) is 0.719. The van der Waals surface area contributed by atoms with Crippen LogP contribution in [0.5, 0.6) is 0 Å². The highest BCUT2D eigenvalue weighted by Gasteiger charge is 2.25. The molecule has 4 heteroatoms. The highest BCUT2D eigenvalue weighted by Crippen LogP contribution is 2.37. The van der Waals surface area contributed by atoms with Crippen LogP contribution in [0.2, 0.25) is 5.02 Å². The van der Waals surface area contributed by atoms with E-state index >= 15 is 0 Å². The highest BCUT2D eigenvalue weighted by atomic mass is 35.5. The van der Waals surface area contributed by atoms with E-state index < -0.39 is 6.09 Å². The van der Waals surface area contributed by atoms with Crippen LogP contribution in [0.3, 0.4) is 0 Å². The monoisotopic (exact) mass is 287 g/mol. The number of halogens is 1. The van der Waals surface area contributed by atoms with Crippen LogP contribution in [0.1, 0.15) is 23.7 Å². The molecule has 1 amide bonds. The third kappa shape index (κ3) is 2.37. The molecule has 0 aliphatic heterocycles. The van der Waals surface area contributed by atoms with E-state index in [4.69, 9.17) is 22.1 Å². The molecule has 102 valence electrons. The predicted molar refractivity (Wildman–Crippen MR) is 78.6 cm³/mol. The van der Waals surface area contributed by atoms with Crippen LogP contribution in [-0.4, -0.2) is 6.09 Å². The van der Waals surface area contributed by atoms with Crippen molar-refractivity contribution < 1.29 is 9.53 Å². The van der Waals surface area contributed by atoms with Gasteiger partial charge in [-0.25, -0.2) is 4.79 Å². The number of carbonyl (C=O) groups is 1. The SMILES string of the molecule is NC(=O)OC1CCc2cc(-c3ccccc3Cl)ccc21. The van der Waals surface area contributed by atoms with E-state index in [1.54, 1.807) is 0 Å². The average molecular weight is 288 g/mol. The van der Waals surface area contributed by atoms with Gasteiger partial charge >= 0.3 is 6.09 Å². The van der Waals surface area contributed by atoms with Crippen molar-refractivity contribution in [2.45, 2.75) is 18.9 Å². The molecule has 2 aromatic rings. The molecule has 0 bridgehead atoms. The minimum absolute atomic E-state index is 0.220. The van der Waals surface area contributed by atoms with Gasteiger partial charge in [-0.3, -0.25) is 0 Å². The summed E-state index contributed by atoms with van der Waals surface area (Å²) < 4.78 is 5.12. The van der Waals surface area contributed by atoms with Crippen molar-refractivity contribution in [2.24, 2.45) is 5.73 Å². The molecule has 1 aliphatic rings. The number of amides is 1. The van der Waals surface area contributed by atoms with Gasteiger partial charge in [0.05, 0.1) is 0 Å². The van der Waals surface area contributed by atoms with Gasteiger partial charge in [0.15, 0.2) is 0 Å². The number of hydrogen-bond acceptors (Lipinski definition) is 2. The van der Waals surface area contributed by atoms with Crippen molar-refractivity contribution in [3.8, 4) is 11.1 Å². The lowest BCUT2D eigenvalue weighted by Crippen LogP contribution is -2.15. The van der Waals surface area contributed by atoms with Gasteiger partial charge in [0.1, 0.15) is 6.10 Å². The molecule has 2 N–H and O–H groups in total. The maximum atomic E-state index is 10.9. The van der Waals surface area contributed by atoms with Gasteiger partial charge in [-0.2, -0.15) is 0 Å². The predicted octanol–water partition coefficient (Wildman–Crippen LogP) is 4.09. The Morgan fingerprint density at radius 2 is 2.05 bits per heavy atom. The van der Waals surface area contributed by atoms with E-state index in [1.807, 2.05) is 36.4 Å². The molecule has 0 fully saturated rings. The molecule has 3 nitrogen and oxygen atoms in total. The fourth-order valence-electron chi connectivity index (χ4n) is 2.70. The number of carbonyl (C=O) groups excluding carboxylic acids is 1. The molecule has 3 rings (SSSR count). The van der Waals surface area contributed by atoms with Crippen LogP contribution in [0.25, 0.3) is 11.1 Å². The Kier molecular flexibility index (Phi) is 3.36. The average Bonchev–Trinajstić information content (AvgIpc) is 2.81. The third-order valence-corrected chi connectivity index (χ3v) is 3.94. The van der Waals surface area contributed by atoms with Crippen LogP contribution in [0, 0.1) is 0 Å². The Bertz CT molecular complexity index is 669. The molecule has 0 saturated heterocycles. The fraction of sp³-hybridized carbons (Fsp3) is 0.188. The number of primary amides is 1. The summed E-state index contributed by atoms with van der Waals surface area (Å²) >= 11 is 6.22. The first kappa shape index (κ1) is 13.0. The van der Waals surface area contributed by atoms with Crippen LogP contribution < -0.4 is 5.73 Å². The lowest BCUT2D eigenvalue weighted by Gasteiger charge is -2.12. The Labute approximate surface area is 122 Å². The first-order valence-electron chi connectivity index (χ1n) is 6.49. The van der Waals surface area contributed by atoms with Crippen LogP contribution in [0.15, 0.2) is 42.5 Å². The lowest BCUT2D eigenvalue weighted by molar-refractivity contribution is 0.107. The van der Waals surface area contributed by atoms with E-state index in [0.29, 0.717) is 0 Å². The normalized spacial score (nSPS) is 16.8. The largest absolute Gasteiger partial charge is 0.441 e. The fourth-order valence-corrected chi connectivity index (χ4v) is 2.95. The number of nitrogens with two attached hydrogens (primary N) is 1. The van der Waals surface area contributed by atoms with Gasteiger partial charge < -0.3 is 10.5 Å². The molecule has 0 saturated carbocycles. The van der Waals surface area contributed by atoms with Crippen LogP contribution in [0.4, 0.5) is 4.79 Å². The number of aryl methyl sites for hydroxylation is 1. The number of rotatable bonds is 2. The standard InChI is InChI=1S/C16H14ClNO2/c17-14-4-2-1-3-12(14)10-5-7-13-11(9-10)6-8-15(13)20-16(18)19/h1-5,7,9,15H,6,8H2,(H2,18,19). The zero-order valence-electron chi connectivity index (χ0n) is 10.8. The van der Waals surface area contributed by atoms with Crippen molar-refractivity contribution in [3.05, 3.63) is 58.6 Å². The van der Waals surface area contributed by atoms with Gasteiger partial charge in [-0.1, -0.05) is 48.0 Å². The quantitative estimate of drug-likeness (QED) is 0.904. The first-order valence-corrected chi connectivity index (χ1v) is 6.87. The van der Waals surface area contributed by atoms with E-state index in [0.717, 1.165) is 34.6 Å². The van der Waals surface area contributed by atoms with Crippen LogP contribution in [-0.2, 0) is 11.2 Å². The smallest absolute Gasteiger partial charge is 0.405 e. The topological polar surface area (TPSA) is 52.3 Å². The summed E-state index contributed by atoms with van der Waals surface area (Å²) in [7, 11) is 0. The molecule has 20 heavy (non-hydrogen) atoms. The van der Waals surface area contributed by atoms with E-state index in [9.17, 15) is 4.79 Å². The van der Waals surface area contributed by atoms with Gasteiger partial charge in [-0.15, -0.1) is 0 Å². The molecular formula is C16H14ClNO2. The van der Waals surface area contributed by atoms with E-state index in [2.05, 4.69) is 6.07 Å². The number of hydrogen-bond donors (Lipinski definition) is 1. The number of ether oxygens (including phenoxy) is 1. The Morgan fingerprint density at radius 3 is 2.80 bits per heavy atom. The number of benzene rings is 2. The molecule has 0 heterocycles. The summed E-state index contributed by atoms with van der Waals surface area (Å²) in [5, 5.41) is 0.732. The zero-order valence-corrected chi connectivity index (χ0v) is 11.6. The van der Waals surface area contributed by atoms with Gasteiger partial charge in [0.25, 0.3) is 0 Å². The van der Waals surface area contributed by atoms with Gasteiger partial charge in [0, 0.05) is 10.6 Å². The molecule has 0 spiro atoms. The molecular weight excluding hydrogens is 274 g/mol. The summed E-state index contributed by atoms with van der Waals surface area (Å²) in [6.45, 7) is 0. The summed E-state index contributed by atoms with van der Waals surface area (Å²) in [4.78, 5) is 10.9. The van der Waals surface area contributed by atoms with Gasteiger partial charge in [-0.05, 0) is 35.6 Å². The maximum absolute atomic E-state index is 10.9. The summed E-state index contributed by atoms with van der Waals surface area (Å²) in [5.41, 5.74) is 9.41. The van der Waals surface area contributed by atoms with Crippen molar-refractivity contribution in [1.82, 2.24) is 0 Å². The third-order valence-electron chi connectivity index (χ3n) is 3.61. The Morgan fingerprint density at radius 1 is 1.25 bits per heavy atom. The summed E-state index contributed by atoms with van der Waals surface area (Å²) in [5.74, 6) is 0. The van der Waals surface area contributed by atoms with Crippen molar-refractivity contribution in [3.63, 3.8) is 0 Å². The molecule has 0 radical (unpaired) electrons. The second kappa shape index (κ2) is 5.17. The molecule has 1 aliphatic carbocycles. The summed E-state index contributed by atoms with van der Waals surface area (Å²) in [6, 6.07) is 13.9. The molecule has 2 aromatic carbocycles. The van der Waals surface area contributed by atoms with Crippen LogP contribution >= 0.6 is 11.6 Å². The molecule has 1 atom stereocenters. The van der Waals surface area contributed by atoms with Crippen molar-refractivity contribution >= 4 is 17.7 Å². The molecule has 1 unspecified atom stereocenters. The lowest BCUT2D eigenvalue weighted by atomic mass is 10.0. The minimum Gasteiger partial charge on any atom is -0.441 e. The Balaban J connectivity index is 1.96. The first-order chi connectivity index (χ1) is 9.65. The Hall–Kier alpha value is -2.00. The second-order valence-corrected chi connectivity index (χ2v) is 5.26. The van der Waals surface area contributed by atoms with E-state index in [-0.39, 0.29) is 6.10 Å². The van der Waals surface area contributed by atoms with E-state index in [1.165, 1.54) is 5.56 Å². The zero-order chi connectivity index (χ0) is 14.1. The second-order valence-electron chi connectivity index (χ2n) is 4.86. The van der Waals surface area contributed by atoms with Crippen molar-refractivity contribution in [1.29, 1.82) is 0 Å². The van der Waals surface area contributed by atoms with Crippen molar-refractivity contribution in [2.75, 3.05) is 0 Å².